The van der Waals surface area contributed by atoms with E-state index in [2.05, 4.69) is 11.7 Å². The zero-order chi connectivity index (χ0) is 25.6. The van der Waals surface area contributed by atoms with Crippen molar-refractivity contribution < 1.29 is 29.0 Å². The number of amides is 1. The number of nitrogens with zero attached hydrogens (tertiary/aromatic N) is 3. The summed E-state index contributed by atoms with van der Waals surface area (Å²) in [5.41, 5.74) is 2.14. The van der Waals surface area contributed by atoms with E-state index < -0.39 is 12.1 Å². The number of carboxylic acid groups (broad SMARTS) is 1. The van der Waals surface area contributed by atoms with Crippen LogP contribution < -0.4 is 9.80 Å². The van der Waals surface area contributed by atoms with Gasteiger partial charge in [-0.1, -0.05) is 35.9 Å². The Balaban J connectivity index is 0.000000466. The third-order valence-corrected chi connectivity index (χ3v) is 4.82. The van der Waals surface area contributed by atoms with Crippen LogP contribution in [0.15, 0.2) is 73.4 Å². The number of hydrogen-bond acceptors (Lipinski definition) is 6. The fourth-order valence-corrected chi connectivity index (χ4v) is 2.98. The van der Waals surface area contributed by atoms with Gasteiger partial charge in [0, 0.05) is 29.3 Å². The van der Waals surface area contributed by atoms with Crippen molar-refractivity contribution in [1.82, 2.24) is 9.78 Å². The molecule has 1 aromatic heterocycles. The third-order valence-electron chi connectivity index (χ3n) is 4.56. The molecule has 0 aliphatic heterocycles. The molecular formula is C25H28ClN3O6. The number of carbonyl (C=O) groups is 2. The molecule has 0 bridgehead atoms. The summed E-state index contributed by atoms with van der Waals surface area (Å²) in [6, 6.07) is 16.3. The number of hydroxylamine groups is 1. The summed E-state index contributed by atoms with van der Waals surface area (Å²) in [6.45, 7) is 3.66. The molecule has 1 heterocycles. The van der Waals surface area contributed by atoms with Gasteiger partial charge in [-0.05, 0) is 43.2 Å². The summed E-state index contributed by atoms with van der Waals surface area (Å²) in [4.78, 5) is 26.8. The van der Waals surface area contributed by atoms with Crippen LogP contribution in [0.4, 0.5) is 10.5 Å². The maximum atomic E-state index is 11.9. The summed E-state index contributed by atoms with van der Waals surface area (Å²) >= 11 is 5.91. The van der Waals surface area contributed by atoms with Gasteiger partial charge in [0.2, 0.25) is 5.88 Å². The van der Waals surface area contributed by atoms with Crippen molar-refractivity contribution in [2.75, 3.05) is 19.3 Å². The topological polar surface area (TPSA) is 103 Å². The van der Waals surface area contributed by atoms with Crippen LogP contribution in [0.1, 0.15) is 24.8 Å². The number of allylic oxidation sites excluding steroid dienone is 1. The van der Waals surface area contributed by atoms with Crippen molar-refractivity contribution in [2.45, 2.75) is 25.9 Å². The van der Waals surface area contributed by atoms with Gasteiger partial charge in [0.15, 0.2) is 0 Å². The molecule has 0 saturated carbocycles. The van der Waals surface area contributed by atoms with Gasteiger partial charge in [-0.3, -0.25) is 9.63 Å². The minimum atomic E-state index is -0.730. The van der Waals surface area contributed by atoms with E-state index in [0.717, 1.165) is 22.7 Å². The number of aromatic nitrogens is 2. The van der Waals surface area contributed by atoms with Crippen LogP contribution in [0.2, 0.25) is 5.02 Å². The SMILES string of the molecule is C=CCCCC(=O)O.COC(=O)N(OC)c1ccccc1COc1ccn(-c2ccc(Cl)cc2)n1. The van der Waals surface area contributed by atoms with Gasteiger partial charge in [0.25, 0.3) is 0 Å². The number of para-hydroxylation sites is 1. The first kappa shape index (κ1) is 27.4. The smallest absolute Gasteiger partial charge is 0.438 e. The van der Waals surface area contributed by atoms with E-state index in [1.807, 2.05) is 24.3 Å². The Kier molecular flexibility index (Phi) is 11.3. The lowest BCUT2D eigenvalue weighted by molar-refractivity contribution is -0.137. The number of aliphatic carboxylic acids is 1. The average molecular weight is 502 g/mol. The highest BCUT2D eigenvalue weighted by Crippen LogP contribution is 2.23. The Morgan fingerprint density at radius 1 is 1.14 bits per heavy atom. The predicted molar refractivity (Wildman–Crippen MR) is 133 cm³/mol. The van der Waals surface area contributed by atoms with Crippen molar-refractivity contribution >= 4 is 29.4 Å². The maximum absolute atomic E-state index is 11.9. The monoisotopic (exact) mass is 501 g/mol. The maximum Gasteiger partial charge on any atom is 0.438 e. The molecule has 1 amide bonds. The second kappa shape index (κ2) is 14.4. The van der Waals surface area contributed by atoms with Crippen molar-refractivity contribution in [3.63, 3.8) is 0 Å². The number of carbonyl (C=O) groups excluding carboxylic acids is 1. The molecule has 3 rings (SSSR count). The van der Waals surface area contributed by atoms with Gasteiger partial charge in [-0.15, -0.1) is 11.7 Å². The van der Waals surface area contributed by atoms with E-state index in [1.54, 1.807) is 47.3 Å². The number of unbranched alkanes of at least 4 members (excludes halogenated alkanes) is 1. The lowest BCUT2D eigenvalue weighted by Crippen LogP contribution is -2.30. The highest BCUT2D eigenvalue weighted by molar-refractivity contribution is 6.30. The molecule has 186 valence electrons. The first-order valence-electron chi connectivity index (χ1n) is 10.7. The zero-order valence-electron chi connectivity index (χ0n) is 19.6. The molecule has 1 N–H and O–H groups in total. The fraction of sp³-hybridized carbons (Fsp3) is 0.240. The van der Waals surface area contributed by atoms with Crippen LogP contribution in [0, 0.1) is 0 Å². The summed E-state index contributed by atoms with van der Waals surface area (Å²) in [6.07, 6.45) is 4.65. The third kappa shape index (κ3) is 8.80. The summed E-state index contributed by atoms with van der Waals surface area (Å²) in [5, 5.41) is 14.2. The van der Waals surface area contributed by atoms with Gasteiger partial charge < -0.3 is 14.6 Å². The number of hydrogen-bond donors (Lipinski definition) is 1. The second-order valence-corrected chi connectivity index (χ2v) is 7.45. The van der Waals surface area contributed by atoms with Gasteiger partial charge in [-0.2, -0.15) is 5.06 Å². The molecular weight excluding hydrogens is 474 g/mol. The number of rotatable bonds is 10. The van der Waals surface area contributed by atoms with E-state index >= 15 is 0 Å². The van der Waals surface area contributed by atoms with Crippen LogP contribution in [0.3, 0.4) is 0 Å². The molecule has 10 heteroatoms. The second-order valence-electron chi connectivity index (χ2n) is 7.01. The van der Waals surface area contributed by atoms with E-state index in [4.69, 9.17) is 31.0 Å². The number of ether oxygens (including phenoxy) is 2. The summed E-state index contributed by atoms with van der Waals surface area (Å²) in [7, 11) is 2.68. The molecule has 9 nitrogen and oxygen atoms in total. The molecule has 0 aliphatic rings. The number of halogens is 1. The molecule has 0 fully saturated rings. The molecule has 0 saturated heterocycles. The van der Waals surface area contributed by atoms with Crippen molar-refractivity contribution in [2.24, 2.45) is 0 Å². The zero-order valence-corrected chi connectivity index (χ0v) is 20.4. The average Bonchev–Trinajstić information content (AvgIpc) is 3.33. The number of methoxy groups -OCH3 is 1. The number of benzene rings is 2. The molecule has 0 atom stereocenters. The molecule has 0 aliphatic carbocycles. The highest BCUT2D eigenvalue weighted by atomic mass is 35.5. The molecule has 2 aromatic carbocycles. The van der Waals surface area contributed by atoms with Gasteiger partial charge in [0.1, 0.15) is 6.61 Å². The van der Waals surface area contributed by atoms with Crippen LogP contribution in [0.25, 0.3) is 5.69 Å². The Morgan fingerprint density at radius 2 is 1.86 bits per heavy atom. The Bertz CT molecular complexity index is 1100. The Hall–Kier alpha value is -3.82. The molecule has 0 radical (unpaired) electrons. The van der Waals surface area contributed by atoms with Gasteiger partial charge >= 0.3 is 12.1 Å². The standard InChI is InChI=1S/C19H18ClN3O4.C6H10O2/c1-25-19(24)23(26-2)17-6-4-3-5-14(17)13-27-18-11-12-22(21-18)16-9-7-15(20)8-10-16;1-2-3-4-5-6(7)8/h3-12H,13H2,1-2H3;2H,1,3-5H2,(H,7,8). The molecule has 3 aromatic rings. The molecule has 0 spiro atoms. The molecule has 35 heavy (non-hydrogen) atoms. The highest BCUT2D eigenvalue weighted by Gasteiger charge is 2.19. The van der Waals surface area contributed by atoms with Crippen LogP contribution >= 0.6 is 11.6 Å². The van der Waals surface area contributed by atoms with E-state index in [0.29, 0.717) is 23.0 Å². The number of anilines is 1. The van der Waals surface area contributed by atoms with Crippen molar-refractivity contribution in [3.05, 3.63) is 84.0 Å². The van der Waals surface area contributed by atoms with Gasteiger partial charge in [-0.25, -0.2) is 9.48 Å². The number of carboxylic acids is 1. The fourth-order valence-electron chi connectivity index (χ4n) is 2.86. The lowest BCUT2D eigenvalue weighted by Gasteiger charge is -2.20. The van der Waals surface area contributed by atoms with E-state index in [9.17, 15) is 9.59 Å². The largest absolute Gasteiger partial charge is 0.481 e. The van der Waals surface area contributed by atoms with Crippen LogP contribution in [-0.2, 0) is 21.0 Å². The van der Waals surface area contributed by atoms with Crippen molar-refractivity contribution in [1.29, 1.82) is 0 Å². The minimum absolute atomic E-state index is 0.199. The van der Waals surface area contributed by atoms with Crippen LogP contribution in [-0.4, -0.2) is 41.2 Å². The Labute approximate surface area is 209 Å². The van der Waals surface area contributed by atoms with Crippen LogP contribution in [0.5, 0.6) is 5.88 Å². The van der Waals surface area contributed by atoms with Crippen molar-refractivity contribution in [3.8, 4) is 11.6 Å². The lowest BCUT2D eigenvalue weighted by atomic mass is 10.2. The molecule has 0 unspecified atom stereocenters. The summed E-state index contributed by atoms with van der Waals surface area (Å²) in [5.74, 6) is -0.284. The summed E-state index contributed by atoms with van der Waals surface area (Å²) < 4.78 is 12.2. The Morgan fingerprint density at radius 3 is 2.49 bits per heavy atom. The minimum Gasteiger partial charge on any atom is -0.481 e. The van der Waals surface area contributed by atoms with E-state index in [-0.39, 0.29) is 13.0 Å². The van der Waals surface area contributed by atoms with E-state index in [1.165, 1.54) is 14.2 Å². The van der Waals surface area contributed by atoms with Gasteiger partial charge in [0.05, 0.1) is 25.6 Å². The quantitative estimate of drug-likeness (QED) is 0.217. The predicted octanol–water partition coefficient (Wildman–Crippen LogP) is 5.67. The normalized spacial score (nSPS) is 10.0. The first-order chi connectivity index (χ1) is 16.9. The first-order valence-corrected chi connectivity index (χ1v) is 11.0.